The van der Waals surface area contributed by atoms with Crippen LogP contribution < -0.4 is 0 Å². The number of nitrogens with zero attached hydrogens (tertiary/aromatic N) is 2. The average Bonchev–Trinajstić information content (AvgIpc) is 2.59. The monoisotopic (exact) mass is 238 g/mol. The second-order valence-corrected chi connectivity index (χ2v) is 5.42. The lowest BCUT2D eigenvalue weighted by atomic mass is 10.1. The molecule has 0 radical (unpaired) electrons. The quantitative estimate of drug-likeness (QED) is 0.586. The lowest BCUT2D eigenvalue weighted by Crippen LogP contribution is -2.01. The first-order valence-corrected chi connectivity index (χ1v) is 6.22. The number of hydrogen-bond donors (Lipinski definition) is 0. The summed E-state index contributed by atoms with van der Waals surface area (Å²) in [6.07, 6.45) is 4.93. The van der Waals surface area contributed by atoms with Gasteiger partial charge in [-0.1, -0.05) is 30.1 Å². The highest BCUT2D eigenvalue weighted by molar-refractivity contribution is 8.01. The Morgan fingerprint density at radius 3 is 3.29 bits per heavy atom. The van der Waals surface area contributed by atoms with Gasteiger partial charge in [0.1, 0.15) is 0 Å². The zero-order valence-corrected chi connectivity index (χ0v) is 9.64. The maximum atomic E-state index is 8.45. The van der Waals surface area contributed by atoms with Gasteiger partial charge in [-0.05, 0) is 6.08 Å². The number of fused-ring (bicyclic) bond motifs is 1. The van der Waals surface area contributed by atoms with Crippen LogP contribution in [0.4, 0.5) is 0 Å². The van der Waals surface area contributed by atoms with E-state index in [4.69, 9.17) is 17.5 Å². The van der Waals surface area contributed by atoms with Crippen LogP contribution in [0.3, 0.4) is 0 Å². The molecule has 0 aromatic carbocycles. The predicted octanol–water partition coefficient (Wildman–Crippen LogP) is 2.89. The van der Waals surface area contributed by atoms with Crippen LogP contribution in [0.5, 0.6) is 0 Å². The molecule has 1 aliphatic carbocycles. The smallest absolute Gasteiger partial charge is 0.152 e. The van der Waals surface area contributed by atoms with E-state index < -0.39 is 0 Å². The van der Waals surface area contributed by atoms with Crippen LogP contribution in [-0.4, -0.2) is 15.6 Å². The summed E-state index contributed by atoms with van der Waals surface area (Å²) in [5.74, 6) is 0.447. The molecule has 1 heterocycles. The molecule has 2 nitrogen and oxygen atoms in total. The molecule has 2 rings (SSSR count). The largest absolute Gasteiger partial charge is 0.228 e. The first-order valence-electron chi connectivity index (χ1n) is 4.01. The Morgan fingerprint density at radius 1 is 1.71 bits per heavy atom. The average molecular weight is 238 g/mol. The number of thioether (sulfide) groups is 1. The molecule has 0 saturated carbocycles. The van der Waals surface area contributed by atoms with Gasteiger partial charge in [-0.2, -0.15) is 5.26 Å². The van der Waals surface area contributed by atoms with Crippen LogP contribution in [0, 0.1) is 11.3 Å². The van der Waals surface area contributed by atoms with Crippen LogP contribution in [0.25, 0.3) is 6.08 Å². The highest BCUT2D eigenvalue weighted by Crippen LogP contribution is 2.31. The number of thiazole rings is 1. The van der Waals surface area contributed by atoms with Gasteiger partial charge in [0.15, 0.2) is 4.34 Å². The van der Waals surface area contributed by atoms with Gasteiger partial charge in [-0.15, -0.1) is 11.3 Å². The van der Waals surface area contributed by atoms with Gasteiger partial charge in [0.2, 0.25) is 0 Å². The summed E-state index contributed by atoms with van der Waals surface area (Å²) in [5, 5.41) is 8.45. The van der Waals surface area contributed by atoms with Crippen LogP contribution in [-0.2, 0) is 0 Å². The molecule has 1 aliphatic rings. The third-order valence-corrected chi connectivity index (χ3v) is 4.12. The van der Waals surface area contributed by atoms with Crippen molar-refractivity contribution in [2.24, 2.45) is 0 Å². The minimum absolute atomic E-state index is 0.447. The third-order valence-electron chi connectivity index (χ3n) is 1.73. The Bertz CT molecular complexity index is 439. The van der Waals surface area contributed by atoms with Crippen molar-refractivity contribution in [1.29, 1.82) is 5.26 Å². The summed E-state index contributed by atoms with van der Waals surface area (Å²) in [4.78, 5) is 6.44. The lowest BCUT2D eigenvalue weighted by Gasteiger charge is -2.02. The Hall–Kier alpha value is -0.700. The van der Waals surface area contributed by atoms with E-state index in [2.05, 4.69) is 23.2 Å². The summed E-state index contributed by atoms with van der Waals surface area (Å²) in [7, 11) is 0. The molecule has 0 atom stereocenters. The molecule has 0 unspecified atom stereocenters. The minimum Gasteiger partial charge on any atom is -0.228 e. The SMILES string of the molecule is N#CCSc1nc2c(s1)C=CCC2=S. The second-order valence-electron chi connectivity index (χ2n) is 2.67. The Kier molecular flexibility index (Phi) is 2.96. The first-order chi connectivity index (χ1) is 6.81. The van der Waals surface area contributed by atoms with Crippen molar-refractivity contribution in [3.63, 3.8) is 0 Å². The molecule has 0 saturated heterocycles. The molecule has 0 fully saturated rings. The molecule has 1 aromatic rings. The summed E-state index contributed by atoms with van der Waals surface area (Å²) >= 11 is 8.28. The summed E-state index contributed by atoms with van der Waals surface area (Å²) in [6, 6.07) is 2.09. The molecule has 14 heavy (non-hydrogen) atoms. The molecular weight excluding hydrogens is 232 g/mol. The van der Waals surface area contributed by atoms with Gasteiger partial charge in [-0.25, -0.2) is 4.98 Å². The number of hydrogen-bond acceptors (Lipinski definition) is 5. The summed E-state index contributed by atoms with van der Waals surface area (Å²) in [6.45, 7) is 0. The van der Waals surface area contributed by atoms with Gasteiger partial charge < -0.3 is 0 Å². The van der Waals surface area contributed by atoms with Crippen molar-refractivity contribution >= 4 is 46.3 Å². The molecule has 0 aliphatic heterocycles. The molecule has 5 heteroatoms. The van der Waals surface area contributed by atoms with E-state index in [9.17, 15) is 0 Å². The van der Waals surface area contributed by atoms with E-state index >= 15 is 0 Å². The summed E-state index contributed by atoms with van der Waals surface area (Å²) in [5.41, 5.74) is 0.938. The lowest BCUT2D eigenvalue weighted by molar-refractivity contribution is 1.21. The van der Waals surface area contributed by atoms with Crippen LogP contribution in [0.1, 0.15) is 17.0 Å². The number of thiocarbonyl (C=S) groups is 1. The van der Waals surface area contributed by atoms with Crippen molar-refractivity contribution in [1.82, 2.24) is 4.98 Å². The fourth-order valence-corrected chi connectivity index (χ4v) is 3.25. The second kappa shape index (κ2) is 4.22. The predicted molar refractivity (Wildman–Crippen MR) is 63.8 cm³/mol. The van der Waals surface area contributed by atoms with E-state index in [0.717, 1.165) is 26.2 Å². The first kappa shape index (κ1) is 9.84. The molecular formula is C9H6N2S3. The molecule has 1 aromatic heterocycles. The topological polar surface area (TPSA) is 36.7 Å². The highest BCUT2D eigenvalue weighted by atomic mass is 32.2. The molecule has 0 N–H and O–H groups in total. The standard InChI is InChI=1S/C9H6N2S3/c10-4-5-13-9-11-8-6(12)2-1-3-7(8)14-9/h1,3H,2,5H2. The van der Waals surface area contributed by atoms with E-state index in [0.29, 0.717) is 5.75 Å². The number of nitriles is 1. The van der Waals surface area contributed by atoms with Crippen molar-refractivity contribution < 1.29 is 0 Å². The normalized spacial score (nSPS) is 13.8. The molecule has 0 amide bonds. The summed E-state index contributed by atoms with van der Waals surface area (Å²) < 4.78 is 0.936. The van der Waals surface area contributed by atoms with Crippen molar-refractivity contribution in [3.05, 3.63) is 16.6 Å². The minimum atomic E-state index is 0.447. The van der Waals surface area contributed by atoms with Gasteiger partial charge in [0.25, 0.3) is 0 Å². The number of aromatic nitrogens is 1. The fourth-order valence-electron chi connectivity index (χ4n) is 1.15. The van der Waals surface area contributed by atoms with Gasteiger partial charge in [-0.3, -0.25) is 0 Å². The maximum absolute atomic E-state index is 8.45. The zero-order valence-electron chi connectivity index (χ0n) is 7.19. The van der Waals surface area contributed by atoms with E-state index in [1.165, 1.54) is 11.8 Å². The molecule has 0 bridgehead atoms. The van der Waals surface area contributed by atoms with Crippen molar-refractivity contribution in [2.45, 2.75) is 10.8 Å². The van der Waals surface area contributed by atoms with Gasteiger partial charge >= 0.3 is 0 Å². The van der Waals surface area contributed by atoms with Gasteiger partial charge in [0, 0.05) is 11.3 Å². The van der Waals surface area contributed by atoms with Crippen molar-refractivity contribution in [3.8, 4) is 6.07 Å². The Balaban J connectivity index is 2.28. The van der Waals surface area contributed by atoms with E-state index in [1.807, 2.05) is 0 Å². The van der Waals surface area contributed by atoms with Crippen LogP contribution in [0.15, 0.2) is 10.4 Å². The number of rotatable bonds is 2. The maximum Gasteiger partial charge on any atom is 0.152 e. The molecule has 0 spiro atoms. The van der Waals surface area contributed by atoms with Crippen LogP contribution in [0.2, 0.25) is 0 Å². The fraction of sp³-hybridized carbons (Fsp3) is 0.222. The Morgan fingerprint density at radius 2 is 2.57 bits per heavy atom. The van der Waals surface area contributed by atoms with E-state index in [-0.39, 0.29) is 0 Å². The van der Waals surface area contributed by atoms with E-state index in [1.54, 1.807) is 11.3 Å². The zero-order chi connectivity index (χ0) is 9.97. The van der Waals surface area contributed by atoms with Crippen LogP contribution >= 0.6 is 35.3 Å². The van der Waals surface area contributed by atoms with Crippen molar-refractivity contribution in [2.75, 3.05) is 5.75 Å². The Labute approximate surface area is 95.7 Å². The number of allylic oxidation sites excluding steroid dienone is 1. The third kappa shape index (κ3) is 1.87. The van der Waals surface area contributed by atoms with Gasteiger partial charge in [0.05, 0.1) is 22.4 Å². The highest BCUT2D eigenvalue weighted by Gasteiger charge is 2.15. The molecule has 70 valence electrons.